The van der Waals surface area contributed by atoms with E-state index in [4.69, 9.17) is 15.6 Å². The highest BCUT2D eigenvalue weighted by atomic mass is 32.2. The van der Waals surface area contributed by atoms with E-state index in [-0.39, 0.29) is 33.5 Å². The van der Waals surface area contributed by atoms with Crippen molar-refractivity contribution in [1.29, 1.82) is 0 Å². The van der Waals surface area contributed by atoms with E-state index in [1.807, 2.05) is 50.2 Å². The van der Waals surface area contributed by atoms with Gasteiger partial charge in [0.25, 0.3) is 15.6 Å². The first-order valence-electron chi connectivity index (χ1n) is 14.1. The molecule has 14 heteroatoms. The fraction of sp³-hybridized carbons (Fsp3) is 0.125. The summed E-state index contributed by atoms with van der Waals surface area (Å²) in [4.78, 5) is 22.3. The number of rotatable bonds is 9. The van der Waals surface area contributed by atoms with Gasteiger partial charge < -0.3 is 20.9 Å². The number of ether oxygens (including phenoxy) is 1. The van der Waals surface area contributed by atoms with Crippen molar-refractivity contribution in [3.05, 3.63) is 113 Å². The largest absolute Gasteiger partial charge is 0.508 e. The Morgan fingerprint density at radius 1 is 1.00 bits per heavy atom. The van der Waals surface area contributed by atoms with Crippen molar-refractivity contribution in [3.63, 3.8) is 0 Å². The molecule has 46 heavy (non-hydrogen) atoms. The van der Waals surface area contributed by atoms with Crippen LogP contribution in [-0.4, -0.2) is 44.8 Å². The highest BCUT2D eigenvalue weighted by Gasteiger charge is 2.23. The summed E-state index contributed by atoms with van der Waals surface area (Å²) in [5.74, 6) is 1.02. The van der Waals surface area contributed by atoms with Crippen molar-refractivity contribution in [3.8, 4) is 28.3 Å². The number of hydrogen-bond acceptors (Lipinski definition) is 10. The molecular formula is C32H30N8O5S. The molecule has 5 N–H and O–H groups in total. The smallest absolute Gasteiger partial charge is 0.282 e. The summed E-state index contributed by atoms with van der Waals surface area (Å²) in [6.45, 7) is 3.67. The topological polar surface area (TPSA) is 179 Å². The number of sulfonamides is 1. The number of aryl methyl sites for hydroxylation is 1. The maximum absolute atomic E-state index is 13.8. The lowest BCUT2D eigenvalue weighted by atomic mass is 10.1. The zero-order valence-electron chi connectivity index (χ0n) is 25.0. The quantitative estimate of drug-likeness (QED) is 0.176. The van der Waals surface area contributed by atoms with Gasteiger partial charge in [-0.05, 0) is 79.6 Å². The number of benzene rings is 3. The maximum Gasteiger partial charge on any atom is 0.282 e. The fourth-order valence-electron chi connectivity index (χ4n) is 5.18. The molecule has 6 rings (SSSR count). The van der Waals surface area contributed by atoms with Gasteiger partial charge >= 0.3 is 0 Å². The summed E-state index contributed by atoms with van der Waals surface area (Å²) in [7, 11) is -2.53. The van der Waals surface area contributed by atoms with E-state index in [1.54, 1.807) is 15.3 Å². The number of nitrogens with zero attached hydrogens (tertiary/aromatic N) is 5. The zero-order valence-corrected chi connectivity index (χ0v) is 25.9. The van der Waals surface area contributed by atoms with Crippen LogP contribution in [0.4, 0.5) is 17.3 Å². The molecule has 0 amide bonds. The van der Waals surface area contributed by atoms with E-state index in [0.29, 0.717) is 33.9 Å². The van der Waals surface area contributed by atoms with Crippen molar-refractivity contribution in [2.24, 2.45) is 0 Å². The fourth-order valence-corrected chi connectivity index (χ4v) is 6.23. The van der Waals surface area contributed by atoms with Gasteiger partial charge in [-0.1, -0.05) is 18.2 Å². The third kappa shape index (κ3) is 5.68. The van der Waals surface area contributed by atoms with Gasteiger partial charge in [-0.25, -0.2) is 22.9 Å². The van der Waals surface area contributed by atoms with Gasteiger partial charge in [0.2, 0.25) is 0 Å². The van der Waals surface area contributed by atoms with Crippen LogP contribution in [0.1, 0.15) is 24.4 Å². The van der Waals surface area contributed by atoms with Crippen molar-refractivity contribution < 1.29 is 18.3 Å². The number of hydrogen-bond donors (Lipinski definition) is 4. The Bertz CT molecular complexity index is 2230. The number of phenolic OH excluding ortho intramolecular Hbond substituents is 1. The number of nitrogen functional groups attached to an aromatic ring is 1. The molecule has 1 atom stereocenters. The SMILES string of the molecule is COc1ccc(S(=O)(=O)Nc2cc(O)cc(-c3c(N)ncnc3NC(C)c3nn4ccc(C)c4c(=O)n3-c3ccccc3)c2)cc1. The molecule has 1 unspecified atom stereocenters. The molecule has 0 saturated heterocycles. The van der Waals surface area contributed by atoms with Gasteiger partial charge in [0.05, 0.1) is 35.0 Å². The summed E-state index contributed by atoms with van der Waals surface area (Å²) >= 11 is 0. The van der Waals surface area contributed by atoms with Crippen LogP contribution >= 0.6 is 0 Å². The molecule has 234 valence electrons. The Kier molecular flexibility index (Phi) is 7.79. The number of anilines is 3. The van der Waals surface area contributed by atoms with Gasteiger partial charge in [-0.15, -0.1) is 0 Å². The molecule has 3 aromatic heterocycles. The molecule has 0 aliphatic rings. The lowest BCUT2D eigenvalue weighted by Crippen LogP contribution is -2.29. The predicted molar refractivity (Wildman–Crippen MR) is 175 cm³/mol. The highest BCUT2D eigenvalue weighted by molar-refractivity contribution is 7.92. The minimum absolute atomic E-state index is 0.00347. The van der Waals surface area contributed by atoms with E-state index in [0.717, 1.165) is 5.56 Å². The molecule has 0 fully saturated rings. The first kappa shape index (κ1) is 30.1. The van der Waals surface area contributed by atoms with Crippen molar-refractivity contribution in [1.82, 2.24) is 24.1 Å². The van der Waals surface area contributed by atoms with Crippen LogP contribution in [0.25, 0.3) is 22.3 Å². The second-order valence-electron chi connectivity index (χ2n) is 10.5. The number of aromatic nitrogens is 5. The van der Waals surface area contributed by atoms with E-state index >= 15 is 0 Å². The lowest BCUT2D eigenvalue weighted by molar-refractivity contribution is 0.414. The second-order valence-corrected chi connectivity index (χ2v) is 12.2. The maximum atomic E-state index is 13.8. The average Bonchev–Trinajstić information content (AvgIpc) is 3.41. The average molecular weight is 639 g/mol. The first-order chi connectivity index (χ1) is 22.1. The van der Waals surface area contributed by atoms with Crippen molar-refractivity contribution >= 4 is 32.9 Å². The minimum atomic E-state index is -4.02. The van der Waals surface area contributed by atoms with Crippen LogP contribution < -0.4 is 26.1 Å². The van der Waals surface area contributed by atoms with Crippen LogP contribution in [0.3, 0.4) is 0 Å². The Morgan fingerprint density at radius 3 is 2.46 bits per heavy atom. The number of nitrogens with one attached hydrogen (secondary N) is 2. The highest BCUT2D eigenvalue weighted by Crippen LogP contribution is 2.37. The lowest BCUT2D eigenvalue weighted by Gasteiger charge is -2.21. The van der Waals surface area contributed by atoms with Crippen LogP contribution in [-0.2, 0) is 10.0 Å². The Hall–Kier alpha value is -5.89. The number of phenols is 1. The van der Waals surface area contributed by atoms with Crippen molar-refractivity contribution in [2.75, 3.05) is 22.9 Å². The molecule has 13 nitrogen and oxygen atoms in total. The monoisotopic (exact) mass is 638 g/mol. The van der Waals surface area contributed by atoms with E-state index in [1.165, 1.54) is 55.9 Å². The van der Waals surface area contributed by atoms with Crippen LogP contribution in [0.2, 0.25) is 0 Å². The molecule has 3 heterocycles. The number of methoxy groups -OCH3 is 1. The van der Waals surface area contributed by atoms with Gasteiger partial charge in [0, 0.05) is 12.3 Å². The molecule has 3 aromatic carbocycles. The minimum Gasteiger partial charge on any atom is -0.508 e. The summed E-state index contributed by atoms with van der Waals surface area (Å²) in [6.07, 6.45) is 3.01. The van der Waals surface area contributed by atoms with Gasteiger partial charge in [-0.3, -0.25) is 14.1 Å². The molecular weight excluding hydrogens is 608 g/mol. The second kappa shape index (κ2) is 11.9. The Morgan fingerprint density at radius 2 is 1.74 bits per heavy atom. The Balaban J connectivity index is 1.39. The summed E-state index contributed by atoms with van der Waals surface area (Å²) in [5, 5.41) is 18.7. The number of nitrogens with two attached hydrogens (primary N) is 1. The van der Waals surface area contributed by atoms with Crippen LogP contribution in [0, 0.1) is 6.92 Å². The van der Waals surface area contributed by atoms with Crippen LogP contribution in [0.5, 0.6) is 11.5 Å². The summed E-state index contributed by atoms with van der Waals surface area (Å²) in [5.41, 5.74) is 8.71. The Labute approximate surface area is 264 Å². The standard InChI is InChI=1S/C32H30N8O5S/c1-19-13-14-39-28(19)32(42)40(23-7-5-4-6-8-23)31(37-39)20(2)36-30-27(29(33)34-18-35-30)21-15-22(17-24(41)16-21)38-46(43,44)26-11-9-25(45-3)10-12-26/h4-18,20,38,41H,1-3H3,(H3,33,34,35,36). The predicted octanol–water partition coefficient (Wildman–Crippen LogP) is 4.52. The number of fused-ring (bicyclic) bond motifs is 1. The third-order valence-electron chi connectivity index (χ3n) is 7.37. The molecule has 0 radical (unpaired) electrons. The molecule has 0 aliphatic heterocycles. The van der Waals surface area contributed by atoms with E-state index in [2.05, 4.69) is 20.0 Å². The number of aromatic hydroxyl groups is 1. The summed E-state index contributed by atoms with van der Waals surface area (Å²) < 4.78 is 37.0. The molecule has 0 spiro atoms. The van der Waals surface area contributed by atoms with Crippen molar-refractivity contribution in [2.45, 2.75) is 24.8 Å². The van der Waals surface area contributed by atoms with Gasteiger partial charge in [-0.2, -0.15) is 5.10 Å². The number of para-hydroxylation sites is 1. The van der Waals surface area contributed by atoms with E-state index < -0.39 is 16.1 Å². The molecule has 0 bridgehead atoms. The molecule has 6 aromatic rings. The van der Waals surface area contributed by atoms with Gasteiger partial charge in [0.15, 0.2) is 5.82 Å². The summed E-state index contributed by atoms with van der Waals surface area (Å²) in [6, 6.07) is 20.5. The first-order valence-corrected chi connectivity index (χ1v) is 15.6. The molecule has 0 saturated carbocycles. The van der Waals surface area contributed by atoms with Gasteiger partial charge in [0.1, 0.15) is 35.0 Å². The van der Waals surface area contributed by atoms with E-state index in [9.17, 15) is 18.3 Å². The zero-order chi connectivity index (χ0) is 32.6. The van der Waals surface area contributed by atoms with Crippen LogP contribution in [0.15, 0.2) is 101 Å². The third-order valence-corrected chi connectivity index (χ3v) is 8.77. The normalized spacial score (nSPS) is 12.2. The molecule has 0 aliphatic carbocycles.